The van der Waals surface area contributed by atoms with Gasteiger partial charge >= 0.3 is 11.9 Å². The highest BCUT2D eigenvalue weighted by molar-refractivity contribution is 5.99. The molecule has 8 heteroatoms. The van der Waals surface area contributed by atoms with Gasteiger partial charge in [0.2, 0.25) is 0 Å². The molecule has 0 unspecified atom stereocenters. The summed E-state index contributed by atoms with van der Waals surface area (Å²) in [4.78, 5) is 52.4. The van der Waals surface area contributed by atoms with Gasteiger partial charge in [0.25, 0.3) is 0 Å². The van der Waals surface area contributed by atoms with Gasteiger partial charge in [0.1, 0.15) is 23.9 Å². The van der Waals surface area contributed by atoms with E-state index in [0.717, 1.165) is 12.0 Å². The Bertz CT molecular complexity index is 1280. The molecule has 0 bridgehead atoms. The molecule has 3 saturated carbocycles. The van der Waals surface area contributed by atoms with E-state index in [9.17, 15) is 19.2 Å². The Morgan fingerprint density at radius 3 is 2.32 bits per heavy atom. The molecule has 8 nitrogen and oxygen atoms in total. The summed E-state index contributed by atoms with van der Waals surface area (Å²) in [6.07, 6.45) is 5.77. The van der Waals surface area contributed by atoms with Crippen LogP contribution in [0, 0.1) is 33.5 Å². The molecule has 204 valence electrons. The minimum atomic E-state index is -0.937. The number of carbonyl (C=O) groups is 4. The van der Waals surface area contributed by atoms with Crippen molar-refractivity contribution in [2.75, 3.05) is 0 Å². The third-order valence-corrected chi connectivity index (χ3v) is 11.2. The van der Waals surface area contributed by atoms with Crippen molar-refractivity contribution >= 4 is 23.5 Å². The van der Waals surface area contributed by atoms with Gasteiger partial charge in [-0.15, -0.1) is 0 Å². The summed E-state index contributed by atoms with van der Waals surface area (Å²) in [6, 6.07) is 1.84. The molecule has 4 fully saturated rings. The van der Waals surface area contributed by atoms with Gasteiger partial charge in [0.05, 0.1) is 18.4 Å². The van der Waals surface area contributed by atoms with Crippen molar-refractivity contribution in [1.82, 2.24) is 0 Å². The number of hydrogen-bond donors (Lipinski definition) is 0. The molecule has 1 aliphatic heterocycles. The average Bonchev–Trinajstić information content (AvgIpc) is 3.30. The van der Waals surface area contributed by atoms with Crippen molar-refractivity contribution in [3.05, 3.63) is 36.3 Å². The largest absolute Gasteiger partial charge is 0.472 e. The fourth-order valence-electron chi connectivity index (χ4n) is 10.0. The minimum Gasteiger partial charge on any atom is -0.472 e. The van der Waals surface area contributed by atoms with E-state index < -0.39 is 69.3 Å². The van der Waals surface area contributed by atoms with E-state index in [4.69, 9.17) is 18.6 Å². The summed E-state index contributed by atoms with van der Waals surface area (Å²) in [7, 11) is 0. The molecular weight excluding hydrogens is 488 g/mol. The predicted octanol–water partition coefficient (Wildman–Crippen LogP) is 4.17. The van der Waals surface area contributed by atoms with Crippen LogP contribution in [-0.4, -0.2) is 47.4 Å². The van der Waals surface area contributed by atoms with Crippen LogP contribution in [0.1, 0.15) is 72.8 Å². The molecule has 4 aliphatic carbocycles. The molecule has 6 rings (SSSR count). The second-order valence-corrected chi connectivity index (χ2v) is 13.3. The maximum Gasteiger partial charge on any atom is 0.303 e. The highest BCUT2D eigenvalue weighted by Gasteiger charge is 2.91. The Morgan fingerprint density at radius 2 is 1.71 bits per heavy atom. The van der Waals surface area contributed by atoms with Gasteiger partial charge in [-0.05, 0) is 36.3 Å². The molecule has 5 aliphatic rings. The number of epoxide rings is 1. The first-order valence-electron chi connectivity index (χ1n) is 13.5. The van der Waals surface area contributed by atoms with Crippen LogP contribution in [0.15, 0.2) is 35.2 Å². The van der Waals surface area contributed by atoms with Crippen LogP contribution in [0.4, 0.5) is 0 Å². The lowest BCUT2D eigenvalue weighted by Crippen LogP contribution is -2.75. The summed E-state index contributed by atoms with van der Waals surface area (Å²) in [6.45, 7) is 12.7. The summed E-state index contributed by atoms with van der Waals surface area (Å²) in [5, 5.41) is 0. The molecule has 0 aromatic carbocycles. The summed E-state index contributed by atoms with van der Waals surface area (Å²) in [5.41, 5.74) is -3.08. The zero-order chi connectivity index (χ0) is 27.6. The highest BCUT2D eigenvalue weighted by atomic mass is 16.6. The Labute approximate surface area is 222 Å². The standard InChI is InChI=1S/C30H36O8/c1-15(31)36-22-23-26(3,4)19(33)9-11-27(23,5)18-8-12-28(6)20(17-10-13-35-14-17)21(34)24-30(28,38-24)29(18,7)25(22)37-16(2)32/h9-11,13-14,18,20,22-25H,8,12H2,1-7H3/t18-,20-,22-,23+,24-,25-,27-,28+,29+,30-/m1/s1. The van der Waals surface area contributed by atoms with Gasteiger partial charge in [-0.3, -0.25) is 19.2 Å². The first-order chi connectivity index (χ1) is 17.7. The Hall–Kier alpha value is -2.74. The molecule has 1 aromatic heterocycles. The zero-order valence-corrected chi connectivity index (χ0v) is 23.0. The first-order valence-corrected chi connectivity index (χ1v) is 13.5. The van der Waals surface area contributed by atoms with Gasteiger partial charge in [-0.2, -0.15) is 0 Å². The van der Waals surface area contributed by atoms with Crippen LogP contribution in [-0.2, 0) is 33.4 Å². The van der Waals surface area contributed by atoms with E-state index in [1.807, 2.05) is 32.9 Å². The molecule has 0 radical (unpaired) electrons. The Balaban J connectivity index is 1.61. The monoisotopic (exact) mass is 524 g/mol. The molecule has 0 N–H and O–H groups in total. The van der Waals surface area contributed by atoms with Gasteiger partial charge < -0.3 is 18.6 Å². The maximum absolute atomic E-state index is 13.9. The third kappa shape index (κ3) is 2.70. The lowest BCUT2D eigenvalue weighted by atomic mass is 9.36. The van der Waals surface area contributed by atoms with Crippen LogP contribution in [0.3, 0.4) is 0 Å². The topological polar surface area (TPSA) is 112 Å². The Morgan fingerprint density at radius 1 is 1.03 bits per heavy atom. The predicted molar refractivity (Wildman–Crippen MR) is 134 cm³/mol. The molecule has 1 saturated heterocycles. The number of carbonyl (C=O) groups excluding carboxylic acids is 4. The summed E-state index contributed by atoms with van der Waals surface area (Å²) < 4.78 is 24.1. The van der Waals surface area contributed by atoms with Crippen LogP contribution in [0.25, 0.3) is 0 Å². The van der Waals surface area contributed by atoms with Crippen molar-refractivity contribution in [3.63, 3.8) is 0 Å². The zero-order valence-electron chi connectivity index (χ0n) is 23.0. The SMILES string of the molecule is CC(=O)O[C@H]1[C@@H](OC(C)=O)[C@]2(C)[C@H](CC[C@@]3(C)[C@H](c4ccoc4)C(=O)[C@H]4O[C@@]423)[C@@]2(C)C=CC(=O)C(C)(C)[C@H]12. The van der Waals surface area contributed by atoms with Crippen LogP contribution >= 0.6 is 0 Å². The van der Waals surface area contributed by atoms with Crippen molar-refractivity contribution in [2.24, 2.45) is 33.5 Å². The van der Waals surface area contributed by atoms with E-state index in [0.29, 0.717) is 6.42 Å². The number of ether oxygens (including phenoxy) is 3. The molecule has 38 heavy (non-hydrogen) atoms. The van der Waals surface area contributed by atoms with Crippen molar-refractivity contribution in [3.8, 4) is 0 Å². The lowest BCUT2D eigenvalue weighted by Gasteiger charge is -2.68. The first kappa shape index (κ1) is 25.5. The second kappa shape index (κ2) is 7.46. The fraction of sp³-hybridized carbons (Fsp3) is 0.667. The third-order valence-electron chi connectivity index (χ3n) is 11.2. The van der Waals surface area contributed by atoms with Crippen molar-refractivity contribution in [1.29, 1.82) is 0 Å². The number of Topliss-reactive ketones (excluding diaryl/α,β-unsaturated/α-hetero) is 1. The number of rotatable bonds is 3. The van der Waals surface area contributed by atoms with Crippen LogP contribution in [0.2, 0.25) is 0 Å². The molecule has 10 atom stereocenters. The van der Waals surface area contributed by atoms with E-state index >= 15 is 0 Å². The molecule has 1 spiro atoms. The van der Waals surface area contributed by atoms with Crippen LogP contribution < -0.4 is 0 Å². The quantitative estimate of drug-likeness (QED) is 0.428. The van der Waals surface area contributed by atoms with Gasteiger partial charge in [-0.1, -0.05) is 40.7 Å². The number of fused-ring (bicyclic) bond motifs is 3. The van der Waals surface area contributed by atoms with Crippen molar-refractivity contribution in [2.45, 2.75) is 91.1 Å². The van der Waals surface area contributed by atoms with E-state index in [1.165, 1.54) is 13.8 Å². The normalized spacial score (nSPS) is 47.9. The number of esters is 2. The maximum atomic E-state index is 13.9. The summed E-state index contributed by atoms with van der Waals surface area (Å²) >= 11 is 0. The van der Waals surface area contributed by atoms with Gasteiger partial charge in [-0.25, -0.2) is 0 Å². The highest BCUT2D eigenvalue weighted by Crippen LogP contribution is 2.81. The van der Waals surface area contributed by atoms with Crippen molar-refractivity contribution < 1.29 is 37.8 Å². The Kier molecular flexibility index (Phi) is 5.01. The number of allylic oxidation sites excluding steroid dienone is 2. The van der Waals surface area contributed by atoms with Gasteiger partial charge in [0, 0.05) is 41.6 Å². The van der Waals surface area contributed by atoms with Gasteiger partial charge in [0.15, 0.2) is 11.6 Å². The number of ketones is 2. The average molecular weight is 525 g/mol. The molecule has 2 heterocycles. The lowest BCUT2D eigenvalue weighted by molar-refractivity contribution is -0.272. The van der Waals surface area contributed by atoms with Crippen LogP contribution in [0.5, 0.6) is 0 Å². The minimum absolute atomic E-state index is 0.00311. The number of furan rings is 1. The fourth-order valence-corrected chi connectivity index (χ4v) is 10.0. The smallest absolute Gasteiger partial charge is 0.303 e. The number of hydrogen-bond acceptors (Lipinski definition) is 8. The molecule has 1 aromatic rings. The van der Waals surface area contributed by atoms with E-state index in [1.54, 1.807) is 18.6 Å². The van der Waals surface area contributed by atoms with E-state index in [-0.39, 0.29) is 17.5 Å². The molecule has 0 amide bonds. The van der Waals surface area contributed by atoms with E-state index in [2.05, 4.69) is 13.8 Å². The molecular formula is C30H36O8. The second-order valence-electron chi connectivity index (χ2n) is 13.3. The summed E-state index contributed by atoms with van der Waals surface area (Å²) in [5.74, 6) is -2.07.